The Morgan fingerprint density at radius 1 is 1.82 bits per heavy atom. The summed E-state index contributed by atoms with van der Waals surface area (Å²) in [6.45, 7) is 0. The predicted octanol–water partition coefficient (Wildman–Crippen LogP) is 1.27. The highest BCUT2D eigenvalue weighted by Gasteiger charge is 2.31. The predicted molar refractivity (Wildman–Crippen MR) is 42.1 cm³/mol. The fourth-order valence-electron chi connectivity index (χ4n) is 0.823. The highest BCUT2D eigenvalue weighted by atomic mass is 35.5. The number of nitrogens with zero attached hydrogens (tertiary/aromatic N) is 1. The van der Waals surface area contributed by atoms with E-state index in [2.05, 4.69) is 5.32 Å². The third kappa shape index (κ3) is 1.97. The minimum absolute atomic E-state index is 0.285. The van der Waals surface area contributed by atoms with E-state index in [1.807, 2.05) is 0 Å². The van der Waals surface area contributed by atoms with E-state index in [1.54, 1.807) is 6.08 Å². The Labute approximate surface area is 73.3 Å². The maximum absolute atomic E-state index is 10.3. The Hall–Kier alpha value is -0.480. The molecule has 0 saturated heterocycles. The van der Waals surface area contributed by atoms with E-state index in [0.717, 1.165) is 0 Å². The minimum atomic E-state index is -0.779. The molecule has 62 valence electrons. The largest absolute Gasteiger partial charge is 0.355 e. The smallest absolute Gasteiger partial charge is 0.250 e. The van der Waals surface area contributed by atoms with Crippen molar-refractivity contribution in [1.82, 2.24) is 5.32 Å². The molecule has 1 aliphatic rings. The van der Waals surface area contributed by atoms with Crippen molar-refractivity contribution in [3.63, 3.8) is 0 Å². The van der Waals surface area contributed by atoms with Gasteiger partial charge < -0.3 is 5.32 Å². The number of halogens is 2. The molecule has 0 aromatic heterocycles. The zero-order chi connectivity index (χ0) is 8.43. The molecule has 2 atom stereocenters. The lowest BCUT2D eigenvalue weighted by Crippen LogP contribution is -2.41. The van der Waals surface area contributed by atoms with Crippen LogP contribution < -0.4 is 5.32 Å². The third-order valence-corrected chi connectivity index (χ3v) is 2.09. The van der Waals surface area contributed by atoms with Gasteiger partial charge in [-0.05, 0) is 6.08 Å². The molecular formula is C5H6Cl2N2O2. The van der Waals surface area contributed by atoms with Crippen LogP contribution in [0.15, 0.2) is 11.2 Å². The number of nitrogens with one attached hydrogen (secondary N) is 1. The fraction of sp³-hybridized carbons (Fsp3) is 0.600. The maximum Gasteiger partial charge on any atom is 0.250 e. The van der Waals surface area contributed by atoms with Crippen LogP contribution in [-0.4, -0.2) is 16.5 Å². The Morgan fingerprint density at radius 3 is 2.91 bits per heavy atom. The summed E-state index contributed by atoms with van der Waals surface area (Å²) in [5.74, 6) is 0. The van der Waals surface area contributed by atoms with Crippen molar-refractivity contribution < 1.29 is 4.92 Å². The second-order valence-corrected chi connectivity index (χ2v) is 3.06. The molecule has 4 nitrogen and oxygen atoms in total. The molecular weight excluding hydrogens is 191 g/mol. The Morgan fingerprint density at radius 2 is 2.45 bits per heavy atom. The van der Waals surface area contributed by atoms with Gasteiger partial charge in [0.25, 0.3) is 0 Å². The second kappa shape index (κ2) is 3.28. The summed E-state index contributed by atoms with van der Waals surface area (Å²) in [6, 6.07) is -0.779. The first kappa shape index (κ1) is 8.62. The van der Waals surface area contributed by atoms with Gasteiger partial charge in [-0.1, -0.05) is 23.2 Å². The fourth-order valence-corrected chi connectivity index (χ4v) is 1.40. The van der Waals surface area contributed by atoms with Crippen LogP contribution in [0.3, 0.4) is 0 Å². The van der Waals surface area contributed by atoms with E-state index in [0.29, 0.717) is 5.16 Å². The Bertz CT molecular complexity index is 207. The van der Waals surface area contributed by atoms with Gasteiger partial charge in [-0.2, -0.15) is 0 Å². The molecule has 11 heavy (non-hydrogen) atoms. The molecule has 0 aromatic carbocycles. The summed E-state index contributed by atoms with van der Waals surface area (Å²) in [7, 11) is 0. The van der Waals surface area contributed by atoms with Gasteiger partial charge in [0, 0.05) is 11.3 Å². The molecule has 1 unspecified atom stereocenters. The van der Waals surface area contributed by atoms with Gasteiger partial charge in [0.1, 0.15) is 0 Å². The summed E-state index contributed by atoms with van der Waals surface area (Å²) in [6.07, 6.45) is 1.83. The van der Waals surface area contributed by atoms with E-state index in [-0.39, 0.29) is 6.42 Å². The van der Waals surface area contributed by atoms with Crippen molar-refractivity contribution in [2.45, 2.75) is 18.0 Å². The van der Waals surface area contributed by atoms with Gasteiger partial charge in [-0.3, -0.25) is 10.1 Å². The lowest BCUT2D eigenvalue weighted by atomic mass is 10.2. The second-order valence-electron chi connectivity index (χ2n) is 2.19. The Balaban J connectivity index is 2.65. The average Bonchev–Trinajstić information content (AvgIpc) is 1.85. The van der Waals surface area contributed by atoms with Gasteiger partial charge in [0.15, 0.2) is 5.50 Å². The van der Waals surface area contributed by atoms with Gasteiger partial charge in [-0.25, -0.2) is 0 Å². The van der Waals surface area contributed by atoms with E-state index < -0.39 is 16.5 Å². The number of alkyl halides is 1. The molecule has 0 fully saturated rings. The maximum atomic E-state index is 10.3. The summed E-state index contributed by atoms with van der Waals surface area (Å²) in [5.41, 5.74) is -0.706. The van der Waals surface area contributed by atoms with Crippen LogP contribution in [0.5, 0.6) is 0 Å². The zero-order valence-corrected chi connectivity index (χ0v) is 6.97. The highest BCUT2D eigenvalue weighted by Crippen LogP contribution is 2.17. The summed E-state index contributed by atoms with van der Waals surface area (Å²) in [4.78, 5) is 9.87. The summed E-state index contributed by atoms with van der Waals surface area (Å²) < 4.78 is 0. The SMILES string of the molecule is O=[N+]([O-])[C@@H]1CC=C(Cl)NC1Cl. The van der Waals surface area contributed by atoms with Crippen LogP contribution in [0.4, 0.5) is 0 Å². The first-order valence-corrected chi connectivity index (χ1v) is 3.82. The van der Waals surface area contributed by atoms with E-state index in [4.69, 9.17) is 23.2 Å². The van der Waals surface area contributed by atoms with E-state index in [1.165, 1.54) is 0 Å². The van der Waals surface area contributed by atoms with Crippen LogP contribution in [0.2, 0.25) is 0 Å². The molecule has 0 amide bonds. The number of hydrogen-bond donors (Lipinski definition) is 1. The molecule has 6 heteroatoms. The van der Waals surface area contributed by atoms with Crippen molar-refractivity contribution >= 4 is 23.2 Å². The third-order valence-electron chi connectivity index (χ3n) is 1.42. The zero-order valence-electron chi connectivity index (χ0n) is 5.46. The standard InChI is InChI=1S/C5H6Cl2N2O2/c6-4-2-1-3(9(10)11)5(7)8-4/h2-3,5,8H,1H2/t3-,5?/m1/s1. The lowest BCUT2D eigenvalue weighted by Gasteiger charge is -2.19. The van der Waals surface area contributed by atoms with Crippen LogP contribution in [0, 0.1) is 10.1 Å². The molecule has 1 N–H and O–H groups in total. The van der Waals surface area contributed by atoms with Crippen molar-refractivity contribution in [3.8, 4) is 0 Å². The first-order valence-electron chi connectivity index (χ1n) is 3.01. The number of nitro groups is 1. The van der Waals surface area contributed by atoms with Crippen molar-refractivity contribution in [2.75, 3.05) is 0 Å². The normalized spacial score (nSPS) is 30.5. The van der Waals surface area contributed by atoms with Crippen molar-refractivity contribution in [1.29, 1.82) is 0 Å². The molecule has 0 radical (unpaired) electrons. The molecule has 0 aliphatic carbocycles. The monoisotopic (exact) mass is 196 g/mol. The van der Waals surface area contributed by atoms with Gasteiger partial charge in [0.05, 0.1) is 5.16 Å². The molecule has 0 saturated carbocycles. The summed E-state index contributed by atoms with van der Waals surface area (Å²) in [5, 5.41) is 13.2. The topological polar surface area (TPSA) is 55.2 Å². The number of hydrogen-bond acceptors (Lipinski definition) is 3. The average molecular weight is 197 g/mol. The van der Waals surface area contributed by atoms with Crippen molar-refractivity contribution in [2.24, 2.45) is 0 Å². The van der Waals surface area contributed by atoms with Crippen molar-refractivity contribution in [3.05, 3.63) is 21.3 Å². The van der Waals surface area contributed by atoms with Crippen LogP contribution in [0.25, 0.3) is 0 Å². The van der Waals surface area contributed by atoms with E-state index >= 15 is 0 Å². The molecule has 1 heterocycles. The van der Waals surface area contributed by atoms with Gasteiger partial charge >= 0.3 is 0 Å². The molecule has 1 aliphatic heterocycles. The number of rotatable bonds is 1. The van der Waals surface area contributed by atoms with Crippen LogP contribution in [0.1, 0.15) is 6.42 Å². The molecule has 0 spiro atoms. The van der Waals surface area contributed by atoms with Gasteiger partial charge in [0.2, 0.25) is 6.04 Å². The van der Waals surface area contributed by atoms with E-state index in [9.17, 15) is 10.1 Å². The molecule has 0 aromatic rings. The minimum Gasteiger partial charge on any atom is -0.355 e. The highest BCUT2D eigenvalue weighted by molar-refractivity contribution is 6.30. The molecule has 1 rings (SSSR count). The van der Waals surface area contributed by atoms with Crippen LogP contribution >= 0.6 is 23.2 Å². The van der Waals surface area contributed by atoms with Gasteiger partial charge in [-0.15, -0.1) is 0 Å². The lowest BCUT2D eigenvalue weighted by molar-refractivity contribution is -0.522. The summed E-state index contributed by atoms with van der Waals surface area (Å²) >= 11 is 11.1. The molecule has 0 bridgehead atoms. The van der Waals surface area contributed by atoms with Crippen LogP contribution in [-0.2, 0) is 0 Å². The first-order chi connectivity index (χ1) is 5.11. The quantitative estimate of drug-likeness (QED) is 0.298. The Kier molecular flexibility index (Phi) is 2.57.